The molecule has 5 nitrogen and oxygen atoms in total. The van der Waals surface area contributed by atoms with Gasteiger partial charge in [0.05, 0.1) is 24.1 Å². The van der Waals surface area contributed by atoms with Gasteiger partial charge in [0, 0.05) is 19.5 Å². The normalized spacial score (nSPS) is 17.5. The molecule has 1 aliphatic heterocycles. The maximum Gasteiger partial charge on any atom is 0.310 e. The van der Waals surface area contributed by atoms with E-state index in [0.29, 0.717) is 26.0 Å². The number of esters is 1. The molecule has 1 aromatic rings. The summed E-state index contributed by atoms with van der Waals surface area (Å²) in [6.07, 6.45) is 2.76. The smallest absolute Gasteiger partial charge is 0.310 e. The van der Waals surface area contributed by atoms with Gasteiger partial charge in [-0.05, 0) is 59.8 Å². The second kappa shape index (κ2) is 9.06. The Morgan fingerprint density at radius 1 is 1.38 bits per heavy atom. The number of hydrogen-bond acceptors (Lipinski definition) is 4. The van der Waals surface area contributed by atoms with Crippen molar-refractivity contribution in [2.45, 2.75) is 32.6 Å². The number of piperidine rings is 1. The quantitative estimate of drug-likeness (QED) is 0.691. The van der Waals surface area contributed by atoms with Crippen LogP contribution in [0.3, 0.4) is 0 Å². The maximum atomic E-state index is 12.4. The Morgan fingerprint density at radius 2 is 2.17 bits per heavy atom. The number of methoxy groups -OCH3 is 1. The van der Waals surface area contributed by atoms with Crippen LogP contribution >= 0.6 is 15.9 Å². The summed E-state index contributed by atoms with van der Waals surface area (Å²) in [5, 5.41) is 0. The highest BCUT2D eigenvalue weighted by Gasteiger charge is 2.29. The summed E-state index contributed by atoms with van der Waals surface area (Å²) in [7, 11) is 1.62. The highest BCUT2D eigenvalue weighted by atomic mass is 79.9. The number of carbonyl (C=O) groups is 2. The molecule has 1 amide bonds. The predicted molar refractivity (Wildman–Crippen MR) is 95.0 cm³/mol. The van der Waals surface area contributed by atoms with E-state index in [1.165, 1.54) is 0 Å². The summed E-state index contributed by atoms with van der Waals surface area (Å²) in [6.45, 7) is 3.39. The van der Waals surface area contributed by atoms with Crippen LogP contribution in [0.15, 0.2) is 22.7 Å². The molecule has 0 N–H and O–H groups in total. The van der Waals surface area contributed by atoms with Gasteiger partial charge >= 0.3 is 5.97 Å². The molecule has 1 fully saturated rings. The van der Waals surface area contributed by atoms with Gasteiger partial charge in [0.2, 0.25) is 5.91 Å². The Morgan fingerprint density at radius 3 is 2.83 bits per heavy atom. The number of halogens is 1. The Balaban J connectivity index is 1.87. The Bertz CT molecular complexity index is 590. The van der Waals surface area contributed by atoms with Crippen molar-refractivity contribution in [2.75, 3.05) is 26.8 Å². The first-order valence-corrected chi connectivity index (χ1v) is 9.11. The van der Waals surface area contributed by atoms with E-state index in [-0.39, 0.29) is 17.8 Å². The average molecular weight is 398 g/mol. The van der Waals surface area contributed by atoms with Crippen LogP contribution in [0.1, 0.15) is 31.7 Å². The first kappa shape index (κ1) is 18.8. The number of nitrogens with zero attached hydrogens (tertiary/aromatic N) is 1. The zero-order valence-electron chi connectivity index (χ0n) is 14.2. The van der Waals surface area contributed by atoms with Gasteiger partial charge in [0.1, 0.15) is 5.75 Å². The van der Waals surface area contributed by atoms with Crippen molar-refractivity contribution in [3.63, 3.8) is 0 Å². The third-order valence-electron chi connectivity index (χ3n) is 4.24. The second-order valence-corrected chi connectivity index (χ2v) is 6.75. The first-order chi connectivity index (χ1) is 11.5. The third-order valence-corrected chi connectivity index (χ3v) is 4.86. The molecule has 1 unspecified atom stereocenters. The van der Waals surface area contributed by atoms with Gasteiger partial charge in [0.25, 0.3) is 0 Å². The maximum absolute atomic E-state index is 12.4. The van der Waals surface area contributed by atoms with E-state index in [9.17, 15) is 9.59 Å². The van der Waals surface area contributed by atoms with Gasteiger partial charge in [-0.3, -0.25) is 9.59 Å². The summed E-state index contributed by atoms with van der Waals surface area (Å²) in [4.78, 5) is 26.1. The van der Waals surface area contributed by atoms with Gasteiger partial charge in [-0.15, -0.1) is 0 Å². The molecule has 1 aliphatic rings. The van der Waals surface area contributed by atoms with Crippen LogP contribution in [0.2, 0.25) is 0 Å². The van der Waals surface area contributed by atoms with Crippen molar-refractivity contribution < 1.29 is 19.1 Å². The molecular formula is C18H24BrNO4. The summed E-state index contributed by atoms with van der Waals surface area (Å²) in [6, 6.07) is 5.83. The molecular weight excluding hydrogens is 374 g/mol. The van der Waals surface area contributed by atoms with Gasteiger partial charge in [-0.1, -0.05) is 6.07 Å². The van der Waals surface area contributed by atoms with Crippen LogP contribution in [0.5, 0.6) is 5.75 Å². The number of carbonyl (C=O) groups excluding carboxylic acids is 2. The van der Waals surface area contributed by atoms with Crippen molar-refractivity contribution >= 4 is 27.8 Å². The first-order valence-electron chi connectivity index (χ1n) is 8.32. The van der Waals surface area contributed by atoms with Crippen molar-refractivity contribution in [3.8, 4) is 5.75 Å². The number of aryl methyl sites for hydroxylation is 1. The zero-order valence-corrected chi connectivity index (χ0v) is 15.8. The number of amides is 1. The molecule has 0 bridgehead atoms. The van der Waals surface area contributed by atoms with E-state index in [4.69, 9.17) is 9.47 Å². The van der Waals surface area contributed by atoms with Crippen LogP contribution < -0.4 is 4.74 Å². The molecule has 1 aromatic carbocycles. The van der Waals surface area contributed by atoms with E-state index >= 15 is 0 Å². The molecule has 6 heteroatoms. The molecule has 0 aliphatic carbocycles. The largest absolute Gasteiger partial charge is 0.496 e. The molecule has 0 saturated carbocycles. The lowest BCUT2D eigenvalue weighted by atomic mass is 9.97. The van der Waals surface area contributed by atoms with Crippen LogP contribution in [0.4, 0.5) is 0 Å². The van der Waals surface area contributed by atoms with Crippen molar-refractivity contribution in [2.24, 2.45) is 5.92 Å². The van der Waals surface area contributed by atoms with Crippen molar-refractivity contribution in [1.29, 1.82) is 0 Å². The van der Waals surface area contributed by atoms with E-state index in [1.807, 2.05) is 18.2 Å². The lowest BCUT2D eigenvalue weighted by molar-refractivity contribution is -0.151. The summed E-state index contributed by atoms with van der Waals surface area (Å²) < 4.78 is 11.2. The summed E-state index contributed by atoms with van der Waals surface area (Å²) in [5.74, 6) is 0.501. The molecule has 132 valence electrons. The molecule has 0 aromatic heterocycles. The lowest BCUT2D eigenvalue weighted by Crippen LogP contribution is -2.42. The van der Waals surface area contributed by atoms with Gasteiger partial charge in [-0.25, -0.2) is 0 Å². The standard InChI is InChI=1S/C18H24BrNO4/c1-3-24-18(22)14-5-4-10-20(12-14)17(21)9-7-13-6-8-16(23-2)15(19)11-13/h6,8,11,14H,3-5,7,9-10,12H2,1-2H3. The fraction of sp³-hybridized carbons (Fsp3) is 0.556. The number of hydrogen-bond donors (Lipinski definition) is 0. The minimum atomic E-state index is -0.186. The molecule has 1 heterocycles. The minimum absolute atomic E-state index is 0.0935. The summed E-state index contributed by atoms with van der Waals surface area (Å²) >= 11 is 3.46. The van der Waals surface area contributed by atoms with E-state index in [0.717, 1.165) is 35.2 Å². The predicted octanol–water partition coefficient (Wildman–Crippen LogP) is 3.19. The highest BCUT2D eigenvalue weighted by molar-refractivity contribution is 9.10. The van der Waals surface area contributed by atoms with Crippen LogP contribution in [-0.4, -0.2) is 43.6 Å². The van der Waals surface area contributed by atoms with Gasteiger partial charge in [-0.2, -0.15) is 0 Å². The van der Waals surface area contributed by atoms with Crippen LogP contribution in [0.25, 0.3) is 0 Å². The summed E-state index contributed by atoms with van der Waals surface area (Å²) in [5.41, 5.74) is 1.08. The molecule has 0 spiro atoms. The number of rotatable bonds is 6. The second-order valence-electron chi connectivity index (χ2n) is 5.90. The zero-order chi connectivity index (χ0) is 17.5. The Labute approximate surface area is 151 Å². The molecule has 0 radical (unpaired) electrons. The SMILES string of the molecule is CCOC(=O)C1CCCN(C(=O)CCc2ccc(OC)c(Br)c2)C1. The lowest BCUT2D eigenvalue weighted by Gasteiger charge is -2.31. The molecule has 2 rings (SSSR count). The number of ether oxygens (including phenoxy) is 2. The monoisotopic (exact) mass is 397 g/mol. The minimum Gasteiger partial charge on any atom is -0.496 e. The Kier molecular flexibility index (Phi) is 7.09. The van der Waals surface area contributed by atoms with Crippen molar-refractivity contribution in [1.82, 2.24) is 4.90 Å². The number of likely N-dealkylation sites (tertiary alicyclic amines) is 1. The molecule has 24 heavy (non-hydrogen) atoms. The van der Waals surface area contributed by atoms with Gasteiger partial charge in [0.15, 0.2) is 0 Å². The number of benzene rings is 1. The van der Waals surface area contributed by atoms with Crippen LogP contribution in [0, 0.1) is 5.92 Å². The fourth-order valence-electron chi connectivity index (χ4n) is 2.93. The fourth-order valence-corrected chi connectivity index (χ4v) is 3.52. The third kappa shape index (κ3) is 4.97. The topological polar surface area (TPSA) is 55.8 Å². The average Bonchev–Trinajstić information content (AvgIpc) is 2.60. The molecule has 1 atom stereocenters. The van der Waals surface area contributed by atoms with Crippen LogP contribution in [-0.2, 0) is 20.7 Å². The van der Waals surface area contributed by atoms with Gasteiger partial charge < -0.3 is 14.4 Å². The highest BCUT2D eigenvalue weighted by Crippen LogP contribution is 2.26. The van der Waals surface area contributed by atoms with E-state index < -0.39 is 0 Å². The Hall–Kier alpha value is -1.56. The van der Waals surface area contributed by atoms with E-state index in [2.05, 4.69) is 15.9 Å². The van der Waals surface area contributed by atoms with E-state index in [1.54, 1.807) is 18.9 Å². The molecule has 1 saturated heterocycles. The van der Waals surface area contributed by atoms with Crippen molar-refractivity contribution in [3.05, 3.63) is 28.2 Å².